The fourth-order valence-corrected chi connectivity index (χ4v) is 3.39. The monoisotopic (exact) mass is 402 g/mol. The Kier molecular flexibility index (Phi) is 6.64. The van der Waals surface area contributed by atoms with E-state index < -0.39 is 11.9 Å². The van der Waals surface area contributed by atoms with Crippen LogP contribution >= 0.6 is 0 Å². The third-order valence-electron chi connectivity index (χ3n) is 4.92. The van der Waals surface area contributed by atoms with Crippen molar-refractivity contribution in [1.29, 1.82) is 0 Å². The van der Waals surface area contributed by atoms with Crippen LogP contribution in [0.25, 0.3) is 5.57 Å². The normalized spacial score (nSPS) is 14.7. The van der Waals surface area contributed by atoms with Gasteiger partial charge in [-0.15, -0.1) is 0 Å². The molecule has 3 rings (SSSR count). The van der Waals surface area contributed by atoms with Crippen LogP contribution in [0.3, 0.4) is 0 Å². The first kappa shape index (κ1) is 21.0. The van der Waals surface area contributed by atoms with Crippen LogP contribution in [-0.2, 0) is 21.9 Å². The summed E-state index contributed by atoms with van der Waals surface area (Å²) in [5, 5.41) is 8.84. The van der Waals surface area contributed by atoms with Gasteiger partial charge in [-0.2, -0.15) is 0 Å². The minimum Gasteiger partial charge on any atom is -0.489 e. The fraction of sp³-hybridized carbons (Fsp3) is 0.348. The van der Waals surface area contributed by atoms with Gasteiger partial charge in [0.2, 0.25) is 0 Å². The second-order valence-electron chi connectivity index (χ2n) is 7.14. The molecule has 0 spiro atoms. The van der Waals surface area contributed by atoms with Gasteiger partial charge >= 0.3 is 5.97 Å². The molecule has 0 saturated heterocycles. The van der Waals surface area contributed by atoms with Gasteiger partial charge in [0.15, 0.2) is 0 Å². The average molecular weight is 402 g/mol. The quantitative estimate of drug-likeness (QED) is 0.670. The van der Waals surface area contributed by atoms with Crippen molar-refractivity contribution in [3.63, 3.8) is 0 Å². The first-order valence-corrected chi connectivity index (χ1v) is 9.54. The lowest BCUT2D eigenvalue weighted by molar-refractivity contribution is -0.137. The molecule has 1 aliphatic rings. The highest BCUT2D eigenvalue weighted by Crippen LogP contribution is 2.34. The van der Waals surface area contributed by atoms with Crippen LogP contribution in [0.5, 0.6) is 5.75 Å². The van der Waals surface area contributed by atoms with Gasteiger partial charge in [0.25, 0.3) is 5.92 Å². The number of hydrogen-bond acceptors (Lipinski definition) is 3. The molecule has 154 valence electrons. The average Bonchev–Trinajstić information content (AvgIpc) is 2.71. The summed E-state index contributed by atoms with van der Waals surface area (Å²) in [6.45, 7) is 2.19. The van der Waals surface area contributed by atoms with Crippen molar-refractivity contribution >= 4 is 11.5 Å². The van der Waals surface area contributed by atoms with Gasteiger partial charge in [-0.05, 0) is 47.2 Å². The number of aliphatic carboxylic acids is 1. The zero-order valence-electron chi connectivity index (χ0n) is 16.3. The van der Waals surface area contributed by atoms with Crippen molar-refractivity contribution in [2.45, 2.75) is 32.1 Å². The predicted octanol–water partition coefficient (Wildman–Crippen LogP) is 5.07. The summed E-state index contributed by atoms with van der Waals surface area (Å²) in [5.74, 6) is -3.76. The molecule has 0 radical (unpaired) electrons. The van der Waals surface area contributed by atoms with Crippen molar-refractivity contribution in [3.8, 4) is 5.75 Å². The van der Waals surface area contributed by atoms with E-state index in [1.165, 1.54) is 12.1 Å². The predicted molar refractivity (Wildman–Crippen MR) is 106 cm³/mol. The number of benzene rings is 2. The summed E-state index contributed by atoms with van der Waals surface area (Å²) in [5.41, 5.74) is 3.34. The topological polar surface area (TPSA) is 55.8 Å². The first-order valence-electron chi connectivity index (χ1n) is 9.54. The smallest absolute Gasteiger partial charge is 0.303 e. The molecule has 0 bridgehead atoms. The molecule has 0 saturated carbocycles. The third-order valence-corrected chi connectivity index (χ3v) is 4.92. The SMILES string of the molecule is CC(F)(F)c1cc(OCC2=C(c3ccccc3)COCC2)ccc1CCC(=O)O. The lowest BCUT2D eigenvalue weighted by atomic mass is 9.97. The molecular weight excluding hydrogens is 378 g/mol. The van der Waals surface area contributed by atoms with E-state index in [2.05, 4.69) is 0 Å². The second-order valence-corrected chi connectivity index (χ2v) is 7.14. The molecular formula is C23H24F2O4. The van der Waals surface area contributed by atoms with Crippen LogP contribution < -0.4 is 4.74 Å². The molecule has 0 aromatic heterocycles. The molecule has 0 atom stereocenters. The summed E-state index contributed by atoms with van der Waals surface area (Å²) < 4.78 is 39.6. The van der Waals surface area contributed by atoms with Crippen molar-refractivity contribution in [2.75, 3.05) is 19.8 Å². The van der Waals surface area contributed by atoms with Gasteiger partial charge in [0, 0.05) is 18.9 Å². The molecule has 4 nitrogen and oxygen atoms in total. The highest BCUT2D eigenvalue weighted by Gasteiger charge is 2.28. The Morgan fingerprint density at radius 3 is 2.66 bits per heavy atom. The number of alkyl halides is 2. The standard InChI is InChI=1S/C23H24F2O4/c1-23(24,25)21-13-19(9-7-17(21)8-10-22(26)27)29-14-18-11-12-28-15-20(18)16-5-3-2-4-6-16/h2-7,9,13H,8,10-12,14-15H2,1H3,(H,26,27). The fourth-order valence-electron chi connectivity index (χ4n) is 3.39. The van der Waals surface area contributed by atoms with E-state index in [-0.39, 0.29) is 25.0 Å². The van der Waals surface area contributed by atoms with E-state index in [0.717, 1.165) is 30.1 Å². The van der Waals surface area contributed by atoms with Crippen molar-refractivity contribution < 1.29 is 28.2 Å². The van der Waals surface area contributed by atoms with Crippen molar-refractivity contribution in [2.24, 2.45) is 0 Å². The third kappa shape index (κ3) is 5.64. The summed E-state index contributed by atoms with van der Waals surface area (Å²) in [4.78, 5) is 10.8. The maximum atomic E-state index is 14.1. The number of hydrogen-bond donors (Lipinski definition) is 1. The molecule has 1 aliphatic heterocycles. The number of rotatable bonds is 8. The number of aryl methyl sites for hydroxylation is 1. The van der Waals surface area contributed by atoms with Gasteiger partial charge in [-0.3, -0.25) is 4.79 Å². The Labute approximate surface area is 168 Å². The Balaban J connectivity index is 1.80. The summed E-state index contributed by atoms with van der Waals surface area (Å²) in [6, 6.07) is 14.4. The molecule has 2 aromatic carbocycles. The van der Waals surface area contributed by atoms with E-state index in [0.29, 0.717) is 24.5 Å². The zero-order valence-corrected chi connectivity index (χ0v) is 16.3. The van der Waals surface area contributed by atoms with E-state index in [1.54, 1.807) is 6.07 Å². The van der Waals surface area contributed by atoms with Crippen LogP contribution in [0, 0.1) is 0 Å². The highest BCUT2D eigenvalue weighted by atomic mass is 19.3. The van der Waals surface area contributed by atoms with Crippen LogP contribution in [0.4, 0.5) is 8.78 Å². The summed E-state index contributed by atoms with van der Waals surface area (Å²) in [7, 11) is 0. The Morgan fingerprint density at radius 1 is 1.21 bits per heavy atom. The molecule has 1 heterocycles. The van der Waals surface area contributed by atoms with E-state index in [4.69, 9.17) is 14.6 Å². The van der Waals surface area contributed by atoms with Gasteiger partial charge in [0.05, 0.1) is 13.2 Å². The molecule has 29 heavy (non-hydrogen) atoms. The van der Waals surface area contributed by atoms with E-state index in [9.17, 15) is 13.6 Å². The number of carboxylic acids is 1. The molecule has 0 unspecified atom stereocenters. The van der Waals surface area contributed by atoms with Gasteiger partial charge in [-0.25, -0.2) is 8.78 Å². The Hall–Kier alpha value is -2.73. The Bertz CT molecular complexity index is 885. The van der Waals surface area contributed by atoms with Crippen LogP contribution in [0.2, 0.25) is 0 Å². The number of carbonyl (C=O) groups is 1. The van der Waals surface area contributed by atoms with E-state index in [1.807, 2.05) is 30.3 Å². The highest BCUT2D eigenvalue weighted by molar-refractivity contribution is 5.70. The maximum Gasteiger partial charge on any atom is 0.303 e. The summed E-state index contributed by atoms with van der Waals surface area (Å²) >= 11 is 0. The van der Waals surface area contributed by atoms with Gasteiger partial charge in [-0.1, -0.05) is 36.4 Å². The second kappa shape index (κ2) is 9.18. The van der Waals surface area contributed by atoms with Crippen molar-refractivity contribution in [1.82, 2.24) is 0 Å². The van der Waals surface area contributed by atoms with Gasteiger partial charge in [0.1, 0.15) is 12.4 Å². The number of ether oxygens (including phenoxy) is 2. The van der Waals surface area contributed by atoms with Crippen LogP contribution in [0.1, 0.15) is 36.5 Å². The van der Waals surface area contributed by atoms with E-state index >= 15 is 0 Å². The zero-order chi connectivity index (χ0) is 20.9. The minimum atomic E-state index is -3.08. The lowest BCUT2D eigenvalue weighted by Gasteiger charge is -2.22. The number of carboxylic acid groups (broad SMARTS) is 1. The van der Waals surface area contributed by atoms with Crippen molar-refractivity contribution in [3.05, 3.63) is 70.8 Å². The molecule has 2 aromatic rings. The molecule has 0 amide bonds. The molecule has 0 fully saturated rings. The Morgan fingerprint density at radius 2 is 1.97 bits per heavy atom. The maximum absolute atomic E-state index is 14.1. The largest absolute Gasteiger partial charge is 0.489 e. The van der Waals surface area contributed by atoms with Crippen LogP contribution in [-0.4, -0.2) is 30.9 Å². The number of halogens is 2. The summed E-state index contributed by atoms with van der Waals surface area (Å²) in [6.07, 6.45) is 0.573. The minimum absolute atomic E-state index is 0.0506. The first-order chi connectivity index (χ1) is 13.8. The molecule has 0 aliphatic carbocycles. The molecule has 6 heteroatoms. The molecule has 1 N–H and O–H groups in total. The van der Waals surface area contributed by atoms with Gasteiger partial charge < -0.3 is 14.6 Å². The lowest BCUT2D eigenvalue weighted by Crippen LogP contribution is -2.16. The van der Waals surface area contributed by atoms with Crippen LogP contribution in [0.15, 0.2) is 54.1 Å².